The summed E-state index contributed by atoms with van der Waals surface area (Å²) in [6.45, 7) is 2.80. The Labute approximate surface area is 627 Å². The number of benzene rings is 13. The number of pyridine rings is 1. The van der Waals surface area contributed by atoms with Gasteiger partial charge in [0.25, 0.3) is 6.33 Å². The van der Waals surface area contributed by atoms with E-state index in [0.717, 1.165) is 11.8 Å². The number of hydrogen-bond acceptors (Lipinski definition) is 2. The zero-order chi connectivity index (χ0) is 95.3. The molecule has 0 unspecified atom stereocenters. The van der Waals surface area contributed by atoms with Crippen molar-refractivity contribution in [2.75, 3.05) is 0 Å². The molecule has 0 atom stereocenters. The number of ether oxygens (including phenoxy) is 1. The second-order valence-electron chi connectivity index (χ2n) is 22.8. The summed E-state index contributed by atoms with van der Waals surface area (Å²) < 4.78 is 345. The number of hydrogen-bond donors (Lipinski definition) is 0. The smallest absolute Gasteiger partial charge is 0.268 e. The van der Waals surface area contributed by atoms with Gasteiger partial charge in [-0.1, -0.05) is 286 Å². The number of aromatic nitrogens is 4. The molecule has 0 aliphatic rings. The van der Waals surface area contributed by atoms with Gasteiger partial charge >= 0.3 is 0 Å². The minimum Gasteiger partial charge on any atom is -0.510 e. The zero-order valence-corrected chi connectivity index (χ0v) is 53.9. The van der Waals surface area contributed by atoms with Crippen molar-refractivity contribution in [1.82, 2.24) is 14.1 Å². The van der Waals surface area contributed by atoms with Crippen LogP contribution in [0.1, 0.15) is 81.2 Å². The first-order chi connectivity index (χ1) is 61.5. The molecule has 13 aromatic carbocycles. The molecule has 0 aliphatic carbocycles. The maximum absolute atomic E-state index is 10.6. The monoisotopic (exact) mass is 1470 g/mol. The van der Waals surface area contributed by atoms with E-state index >= 15 is 0 Å². The quantitative estimate of drug-likeness (QED) is 0.0471. The van der Waals surface area contributed by atoms with Crippen LogP contribution in [0.2, 0.25) is 0 Å². The van der Waals surface area contributed by atoms with E-state index in [2.05, 4.69) is 18.5 Å². The Morgan fingerprint density at radius 1 is 0.469 bits per heavy atom. The molecule has 96 heavy (non-hydrogen) atoms. The van der Waals surface area contributed by atoms with E-state index < -0.39 is 279 Å². The number of para-hydroxylation sites is 2. The summed E-state index contributed by atoms with van der Waals surface area (Å²) in [7, 11) is -6.04. The van der Waals surface area contributed by atoms with Crippen LogP contribution >= 0.6 is 0 Å². The van der Waals surface area contributed by atoms with Gasteiger partial charge in [0.1, 0.15) is 5.82 Å². The number of imidazole rings is 1. The van der Waals surface area contributed by atoms with Gasteiger partial charge in [0, 0.05) is 54.0 Å². The van der Waals surface area contributed by atoms with Crippen LogP contribution in [-0.4, -0.2) is 22.2 Å². The largest absolute Gasteiger partial charge is 0.510 e. The summed E-state index contributed by atoms with van der Waals surface area (Å²) in [5.74, 6) is -0.216. The van der Waals surface area contributed by atoms with Crippen LogP contribution in [-0.2, 0) is 26.5 Å². The molecule has 3 aromatic heterocycles. The fraction of sp³-hybridized carbons (Fsp3) is 0.0562. The fourth-order valence-electron chi connectivity index (χ4n) is 11.8. The van der Waals surface area contributed by atoms with Gasteiger partial charge in [-0.25, -0.2) is 4.98 Å². The molecule has 0 saturated carbocycles. The molecule has 16 rings (SSSR count). The van der Waals surface area contributed by atoms with E-state index in [4.69, 9.17) is 33.0 Å². The Kier molecular flexibility index (Phi) is 8.81. The third kappa shape index (κ3) is 11.2. The van der Waals surface area contributed by atoms with Gasteiger partial charge < -0.3 is 13.9 Å². The van der Waals surface area contributed by atoms with Crippen molar-refractivity contribution in [3.05, 3.63) is 357 Å². The van der Waals surface area contributed by atoms with Crippen LogP contribution in [0, 0.1) is 25.3 Å². The van der Waals surface area contributed by atoms with Crippen LogP contribution in [0.25, 0.3) is 106 Å². The Morgan fingerprint density at radius 2 is 1.03 bits per heavy atom. The summed E-state index contributed by atoms with van der Waals surface area (Å²) in [5, 5.41) is -1.85. The first kappa shape index (κ1) is 32.9. The molecule has 16 aromatic rings. The average Bonchev–Trinajstić information content (AvgIpc) is 0.926. The summed E-state index contributed by atoms with van der Waals surface area (Å²) in [6, 6.07) is 6.44. The van der Waals surface area contributed by atoms with E-state index in [0.29, 0.717) is 21.9 Å². The fourth-order valence-corrected chi connectivity index (χ4v) is 15.7. The number of fused-ring (bicyclic) bond motifs is 4. The molecule has 0 radical (unpaired) electrons. The predicted molar refractivity (Wildman–Crippen MR) is 394 cm³/mol. The molecule has 5 nitrogen and oxygen atoms in total. The van der Waals surface area contributed by atoms with Crippen molar-refractivity contribution < 1.29 is 79.7 Å². The van der Waals surface area contributed by atoms with Crippen molar-refractivity contribution in [2.45, 2.75) is 33.0 Å². The summed E-state index contributed by atoms with van der Waals surface area (Å²) in [6.07, 6.45) is 4.52. The molecule has 0 aliphatic heterocycles. The Morgan fingerprint density at radius 3 is 1.66 bits per heavy atom. The van der Waals surface area contributed by atoms with E-state index in [1.807, 2.05) is 32.9 Å². The van der Waals surface area contributed by atoms with Crippen molar-refractivity contribution >= 4 is 61.7 Å². The van der Waals surface area contributed by atoms with E-state index in [1.165, 1.54) is 63.7 Å². The maximum Gasteiger partial charge on any atom is 0.268 e. The first-order valence-electron chi connectivity index (χ1n) is 47.6. The second-order valence-corrected chi connectivity index (χ2v) is 26.4. The molecule has 0 amide bonds. The summed E-state index contributed by atoms with van der Waals surface area (Å²) in [5.41, 5.74) is -4.14. The van der Waals surface area contributed by atoms with Crippen LogP contribution < -0.4 is 30.1 Å². The predicted octanol–water partition coefficient (Wildman–Crippen LogP) is 18.9. The molecular formula is C89H66N4OPtSi-2. The van der Waals surface area contributed by atoms with Crippen molar-refractivity contribution in [1.29, 1.82) is 0 Å². The molecule has 3 heterocycles. The maximum atomic E-state index is 10.6. The normalized spacial score (nSPS) is 17.1. The average molecular weight is 1470 g/mol. The van der Waals surface area contributed by atoms with Crippen LogP contribution in [0.4, 0.5) is 0 Å². The van der Waals surface area contributed by atoms with E-state index in [9.17, 15) is 26.0 Å². The van der Waals surface area contributed by atoms with Crippen LogP contribution in [0.5, 0.6) is 11.5 Å². The molecule has 0 fully saturated rings. The third-order valence-corrected chi connectivity index (χ3v) is 20.4. The van der Waals surface area contributed by atoms with Crippen molar-refractivity contribution in [2.24, 2.45) is 0 Å². The molecule has 0 N–H and O–H groups in total. The number of aryl methyl sites for hydroxylation is 1. The Bertz CT molecular complexity index is 7300. The van der Waals surface area contributed by atoms with Gasteiger partial charge in [0.2, 0.25) is 0 Å². The van der Waals surface area contributed by atoms with Crippen molar-refractivity contribution in [3.8, 4) is 84.3 Å². The zero-order valence-electron chi connectivity index (χ0n) is 86.6. The Hall–Kier alpha value is -11.0. The van der Waals surface area contributed by atoms with Gasteiger partial charge in [-0.15, -0.1) is 29.7 Å². The summed E-state index contributed by atoms with van der Waals surface area (Å²) in [4.78, 5) is 4.69. The van der Waals surface area contributed by atoms with E-state index in [-0.39, 0.29) is 83.0 Å². The molecule has 0 saturated heterocycles. The van der Waals surface area contributed by atoms with Gasteiger partial charge in [-0.3, -0.25) is 4.57 Å². The molecule has 0 spiro atoms. The molecule has 0 bridgehead atoms. The van der Waals surface area contributed by atoms with Crippen molar-refractivity contribution in [3.63, 3.8) is 0 Å². The van der Waals surface area contributed by atoms with Gasteiger partial charge in [-0.2, -0.15) is 18.2 Å². The van der Waals surface area contributed by atoms with Gasteiger partial charge in [0.15, 0.2) is 8.07 Å². The Balaban J connectivity index is 0.0000133. The minimum absolute atomic E-state index is 0. The molecule has 464 valence electrons. The summed E-state index contributed by atoms with van der Waals surface area (Å²) >= 11 is 0. The second kappa shape index (κ2) is 25.7. The minimum atomic E-state index is -6.04. The van der Waals surface area contributed by atoms with Crippen LogP contribution in [0.15, 0.2) is 327 Å². The number of rotatable bonds is 14. The van der Waals surface area contributed by atoms with Gasteiger partial charge in [0.05, 0.1) is 62.0 Å². The molecular weight excluding hydrogens is 1360 g/mol. The SMILES string of the molecule is [2H]c1c([2H])c([2H])c(-c2cnc(-n3c4[c-]c(Oc5[c-]c(-n6[c-][n+](-c7c(-c8cccc(C(C)(C)C)c8)cccc7-c7c([2H])c(-c8c([2H])c([2H])c([2H])c([2H])c8[2H])c([2H])c(-c8c([2H])c([2H])c([2H])c([2H])c8[2H])c7[2H])c7ccc([Si](c8c([2H])c([2H])c([2H])c([2H])c8[2H])(c8c([2H])c([2H])c([2H])c([2H])c8[2H])c8c([2H])c([2H])c([2H])c([2H])c8[2H])cc76)ccc5)ccc4c4ccccc43)cc2C([2H])([2H])[2H])c([2H])c1[2H].[Pt]. The number of nitrogens with zero attached hydrogens (tertiary/aromatic N) is 4. The van der Waals surface area contributed by atoms with Crippen LogP contribution in [0.3, 0.4) is 0 Å². The molecule has 7 heteroatoms. The van der Waals surface area contributed by atoms with E-state index in [1.54, 1.807) is 59.2 Å². The first-order valence-corrected chi connectivity index (χ1v) is 31.6. The standard InChI is InChI=1S/C89H66N4OSi.Pt/c1-62-52-87(90-60-82(62)65-32-15-7-16-33-65)93-83-47-24-23-44-80(83)81-50-48-73(58-85(81)93)94-72-37-26-36-71(57-72)91-61-92(84-51-49-77(59-86(84)91)95(74-38-17-8-18-39-74,75-40-19-9-20-41-75)76-42-21-10-22-43-76)88-78(66-34-25-35-70(56-66)89(2,3)4)45-27-46-79(88)69-54-67(63-28-11-5-12-29-63)53-68(55-69)64-30-13-6-14-31-64;/h5-56,59-60H,1-4H3;/q-2;/i1D3,5D,6D,7D,8D,9D,10D,11D,12D,13D,14D,15D,16D,17D,18D,19D,20D,21D,22D,28D,29D,30D,31D,32D,33D,38D,39D,40D,41D,42D,43D,53D,54D,55D;. The third-order valence-electron chi connectivity index (χ3n) is 16.2. The topological polar surface area (TPSA) is 35.9 Å². The van der Waals surface area contributed by atoms with Gasteiger partial charge in [-0.05, 0) is 136 Å².